The van der Waals surface area contributed by atoms with Crippen LogP contribution < -0.4 is 5.32 Å². The van der Waals surface area contributed by atoms with Gasteiger partial charge < -0.3 is 5.32 Å². The first kappa shape index (κ1) is 15.3. The summed E-state index contributed by atoms with van der Waals surface area (Å²) in [5.74, 6) is -0.360. The summed E-state index contributed by atoms with van der Waals surface area (Å²) in [4.78, 5) is 12.1. The van der Waals surface area contributed by atoms with Gasteiger partial charge >= 0.3 is 0 Å². The summed E-state index contributed by atoms with van der Waals surface area (Å²) in [6.45, 7) is 4.25. The van der Waals surface area contributed by atoms with E-state index in [2.05, 4.69) is 5.32 Å². The van der Waals surface area contributed by atoms with E-state index in [1.807, 2.05) is 13.8 Å². The summed E-state index contributed by atoms with van der Waals surface area (Å²) >= 11 is 5.86. The van der Waals surface area contributed by atoms with Crippen LogP contribution in [0.3, 0.4) is 0 Å². The number of piperazine rings is 1. The van der Waals surface area contributed by atoms with Crippen molar-refractivity contribution in [2.45, 2.75) is 24.8 Å². The minimum atomic E-state index is -3.72. The maximum absolute atomic E-state index is 12.7. The second-order valence-electron chi connectivity index (χ2n) is 5.05. The lowest BCUT2D eigenvalue weighted by Crippen LogP contribution is -2.58. The molecule has 7 heteroatoms. The lowest BCUT2D eigenvalue weighted by atomic mass is 10.0. The van der Waals surface area contributed by atoms with E-state index in [0.717, 1.165) is 0 Å². The fourth-order valence-electron chi connectivity index (χ4n) is 2.33. The molecule has 1 saturated heterocycles. The SMILES string of the molecule is CC(C)C1C(=O)NCCN1S(=O)(=O)c1cccc(Cl)c1. The van der Waals surface area contributed by atoms with Gasteiger partial charge in [0.05, 0.1) is 4.90 Å². The Hall–Kier alpha value is -1.11. The second-order valence-corrected chi connectivity index (χ2v) is 7.38. The molecule has 0 radical (unpaired) electrons. The Balaban J connectivity index is 2.44. The predicted molar refractivity (Wildman–Crippen MR) is 77.0 cm³/mol. The van der Waals surface area contributed by atoms with E-state index in [-0.39, 0.29) is 23.3 Å². The number of benzene rings is 1. The van der Waals surface area contributed by atoms with Gasteiger partial charge in [0.2, 0.25) is 15.9 Å². The Labute approximate surface area is 124 Å². The summed E-state index contributed by atoms with van der Waals surface area (Å²) in [5.41, 5.74) is 0. The molecule has 1 atom stereocenters. The summed E-state index contributed by atoms with van der Waals surface area (Å²) in [6.07, 6.45) is 0. The molecule has 1 aliphatic heterocycles. The van der Waals surface area contributed by atoms with Crippen LogP contribution in [0.25, 0.3) is 0 Å². The fraction of sp³-hybridized carbons (Fsp3) is 0.462. The third-order valence-corrected chi connectivity index (χ3v) is 5.36. The topological polar surface area (TPSA) is 66.5 Å². The molecule has 1 heterocycles. The summed E-state index contributed by atoms with van der Waals surface area (Å²) in [5, 5.41) is 3.06. The molecule has 1 unspecified atom stereocenters. The van der Waals surface area contributed by atoms with Gasteiger partial charge in [-0.1, -0.05) is 31.5 Å². The van der Waals surface area contributed by atoms with Crippen LogP contribution in [-0.2, 0) is 14.8 Å². The number of hydrogen-bond acceptors (Lipinski definition) is 3. The lowest BCUT2D eigenvalue weighted by Gasteiger charge is -2.36. The van der Waals surface area contributed by atoms with Crippen molar-refractivity contribution in [1.29, 1.82) is 0 Å². The highest BCUT2D eigenvalue weighted by molar-refractivity contribution is 7.89. The van der Waals surface area contributed by atoms with Crippen molar-refractivity contribution in [1.82, 2.24) is 9.62 Å². The molecular weight excluding hydrogens is 300 g/mol. The molecule has 1 aromatic rings. The predicted octanol–water partition coefficient (Wildman–Crippen LogP) is 1.49. The van der Waals surface area contributed by atoms with E-state index in [9.17, 15) is 13.2 Å². The summed E-state index contributed by atoms with van der Waals surface area (Å²) in [6, 6.07) is 5.41. The molecule has 0 aromatic heterocycles. The molecule has 1 aliphatic rings. The van der Waals surface area contributed by atoms with E-state index in [1.165, 1.54) is 16.4 Å². The zero-order valence-electron chi connectivity index (χ0n) is 11.3. The number of amides is 1. The van der Waals surface area contributed by atoms with Gasteiger partial charge in [-0.2, -0.15) is 4.31 Å². The maximum atomic E-state index is 12.7. The number of rotatable bonds is 3. The third-order valence-electron chi connectivity index (χ3n) is 3.24. The van der Waals surface area contributed by atoms with Crippen LogP contribution in [0.15, 0.2) is 29.2 Å². The van der Waals surface area contributed by atoms with Crippen LogP contribution in [-0.4, -0.2) is 37.8 Å². The number of nitrogens with zero attached hydrogens (tertiary/aromatic N) is 1. The fourth-order valence-corrected chi connectivity index (χ4v) is 4.35. The van der Waals surface area contributed by atoms with Gasteiger partial charge in [0, 0.05) is 18.1 Å². The Kier molecular flexibility index (Phi) is 4.36. The van der Waals surface area contributed by atoms with Crippen LogP contribution in [0.1, 0.15) is 13.8 Å². The molecule has 1 N–H and O–H groups in total. The summed E-state index contributed by atoms with van der Waals surface area (Å²) in [7, 11) is -3.72. The number of sulfonamides is 1. The quantitative estimate of drug-likeness (QED) is 0.918. The van der Waals surface area contributed by atoms with Gasteiger partial charge in [-0.3, -0.25) is 4.79 Å². The highest BCUT2D eigenvalue weighted by Gasteiger charge is 2.40. The van der Waals surface area contributed by atoms with Crippen molar-refractivity contribution in [3.63, 3.8) is 0 Å². The Bertz CT molecular complexity index is 616. The molecule has 110 valence electrons. The first-order chi connectivity index (χ1) is 9.34. The van der Waals surface area contributed by atoms with E-state index < -0.39 is 16.1 Å². The smallest absolute Gasteiger partial charge is 0.243 e. The first-order valence-electron chi connectivity index (χ1n) is 6.39. The van der Waals surface area contributed by atoms with Gasteiger partial charge in [0.15, 0.2) is 0 Å². The van der Waals surface area contributed by atoms with Crippen molar-refractivity contribution in [3.05, 3.63) is 29.3 Å². The van der Waals surface area contributed by atoms with Crippen molar-refractivity contribution < 1.29 is 13.2 Å². The number of carbonyl (C=O) groups is 1. The molecule has 1 amide bonds. The van der Waals surface area contributed by atoms with Gasteiger partial charge in [0.25, 0.3) is 0 Å². The molecular formula is C13H17ClN2O3S. The number of hydrogen-bond donors (Lipinski definition) is 1. The largest absolute Gasteiger partial charge is 0.353 e. The highest BCUT2D eigenvalue weighted by Crippen LogP contribution is 2.25. The molecule has 20 heavy (non-hydrogen) atoms. The van der Waals surface area contributed by atoms with Crippen LogP contribution in [0, 0.1) is 5.92 Å². The van der Waals surface area contributed by atoms with Crippen molar-refractivity contribution in [3.8, 4) is 0 Å². The monoisotopic (exact) mass is 316 g/mol. The lowest BCUT2D eigenvalue weighted by molar-refractivity contribution is -0.128. The molecule has 2 rings (SSSR count). The minimum absolute atomic E-state index is 0.107. The van der Waals surface area contributed by atoms with Gasteiger partial charge in [-0.05, 0) is 24.1 Å². The molecule has 0 bridgehead atoms. The summed E-state index contributed by atoms with van der Waals surface area (Å²) < 4.78 is 26.6. The van der Waals surface area contributed by atoms with E-state index in [4.69, 9.17) is 11.6 Å². The van der Waals surface area contributed by atoms with E-state index in [1.54, 1.807) is 12.1 Å². The van der Waals surface area contributed by atoms with Crippen molar-refractivity contribution >= 4 is 27.5 Å². The molecule has 1 aromatic carbocycles. The van der Waals surface area contributed by atoms with Gasteiger partial charge in [-0.15, -0.1) is 0 Å². The number of nitrogens with one attached hydrogen (secondary N) is 1. The van der Waals surface area contributed by atoms with Crippen LogP contribution in [0.2, 0.25) is 5.02 Å². The van der Waals surface area contributed by atoms with Crippen molar-refractivity contribution in [2.24, 2.45) is 5.92 Å². The van der Waals surface area contributed by atoms with E-state index >= 15 is 0 Å². The number of carbonyl (C=O) groups excluding carboxylic acids is 1. The maximum Gasteiger partial charge on any atom is 0.243 e. The minimum Gasteiger partial charge on any atom is -0.353 e. The Morgan fingerprint density at radius 2 is 2.10 bits per heavy atom. The number of halogens is 1. The van der Waals surface area contributed by atoms with E-state index in [0.29, 0.717) is 11.6 Å². The molecule has 0 saturated carbocycles. The van der Waals surface area contributed by atoms with Crippen molar-refractivity contribution in [2.75, 3.05) is 13.1 Å². The average Bonchev–Trinajstić information content (AvgIpc) is 2.38. The molecule has 5 nitrogen and oxygen atoms in total. The first-order valence-corrected chi connectivity index (χ1v) is 8.21. The molecule has 0 spiro atoms. The second kappa shape index (κ2) is 5.71. The average molecular weight is 317 g/mol. The van der Waals surface area contributed by atoms with Gasteiger partial charge in [0.1, 0.15) is 6.04 Å². The van der Waals surface area contributed by atoms with Crippen LogP contribution in [0.4, 0.5) is 0 Å². The van der Waals surface area contributed by atoms with Crippen LogP contribution >= 0.6 is 11.6 Å². The third kappa shape index (κ3) is 2.82. The molecule has 1 fully saturated rings. The normalized spacial score (nSPS) is 21.0. The van der Waals surface area contributed by atoms with Crippen LogP contribution in [0.5, 0.6) is 0 Å². The Morgan fingerprint density at radius 1 is 1.40 bits per heavy atom. The standard InChI is InChI=1S/C13H17ClN2O3S/c1-9(2)12-13(17)15-6-7-16(12)20(18,19)11-5-3-4-10(14)8-11/h3-5,8-9,12H,6-7H2,1-2H3,(H,15,17). The Morgan fingerprint density at radius 3 is 2.70 bits per heavy atom. The zero-order valence-corrected chi connectivity index (χ0v) is 12.9. The zero-order chi connectivity index (χ0) is 14.9. The molecule has 0 aliphatic carbocycles. The van der Waals surface area contributed by atoms with Gasteiger partial charge in [-0.25, -0.2) is 8.42 Å². The highest BCUT2D eigenvalue weighted by atomic mass is 35.5.